The van der Waals surface area contributed by atoms with Crippen LogP contribution in [0.4, 0.5) is 0 Å². The fourth-order valence-electron chi connectivity index (χ4n) is 5.49. The van der Waals surface area contributed by atoms with E-state index in [2.05, 4.69) is 0 Å². The van der Waals surface area contributed by atoms with E-state index in [0.717, 1.165) is 27.5 Å². The standard InChI is InChI=1S/C36H31ClN2O5S/c1-4-42-27-16-13-25(14-17-27)33-32(35(41)43-5-2)22(3)38-36-39(33)34(40)31(45-36)20-29-28-12-7-6-10-24(28)15-18-30(29)44-21-23-9-8-11-26(37)19-23/h6-20,33H,4-5,21H2,1-3H3/b31-20-/t33-/m1/s1. The van der Waals surface area contributed by atoms with Crippen molar-refractivity contribution in [3.8, 4) is 11.5 Å². The zero-order chi connectivity index (χ0) is 31.5. The fraction of sp³-hybridized carbons (Fsp3) is 0.194. The smallest absolute Gasteiger partial charge is 0.338 e. The maximum absolute atomic E-state index is 14.3. The van der Waals surface area contributed by atoms with Gasteiger partial charge in [0.2, 0.25) is 0 Å². The Bertz CT molecular complexity index is 2110. The van der Waals surface area contributed by atoms with Gasteiger partial charge in [0.15, 0.2) is 4.80 Å². The minimum absolute atomic E-state index is 0.203. The van der Waals surface area contributed by atoms with Crippen LogP contribution in [-0.4, -0.2) is 23.8 Å². The lowest BCUT2D eigenvalue weighted by Gasteiger charge is -2.24. The Kier molecular flexibility index (Phi) is 8.87. The molecule has 0 N–H and O–H groups in total. The molecule has 0 bridgehead atoms. The van der Waals surface area contributed by atoms with E-state index in [9.17, 15) is 9.59 Å². The number of hydrogen-bond donors (Lipinski definition) is 0. The van der Waals surface area contributed by atoms with Gasteiger partial charge in [-0.2, -0.15) is 0 Å². The molecule has 2 heterocycles. The minimum atomic E-state index is -0.718. The maximum Gasteiger partial charge on any atom is 0.338 e. The molecule has 0 spiro atoms. The van der Waals surface area contributed by atoms with E-state index in [1.54, 1.807) is 18.4 Å². The number of ether oxygens (including phenoxy) is 3. The normalized spacial score (nSPS) is 14.7. The van der Waals surface area contributed by atoms with Crippen LogP contribution in [0.25, 0.3) is 16.8 Å². The Balaban J connectivity index is 1.51. The van der Waals surface area contributed by atoms with Crippen LogP contribution in [0.1, 0.15) is 43.5 Å². The van der Waals surface area contributed by atoms with Crippen LogP contribution in [0.2, 0.25) is 5.02 Å². The molecule has 0 amide bonds. The Labute approximate surface area is 269 Å². The van der Waals surface area contributed by atoms with Gasteiger partial charge in [-0.05, 0) is 79.1 Å². The Hall–Kier alpha value is -4.66. The van der Waals surface area contributed by atoms with E-state index in [1.807, 2.05) is 97.9 Å². The Morgan fingerprint density at radius 1 is 0.978 bits per heavy atom. The van der Waals surface area contributed by atoms with Crippen molar-refractivity contribution in [2.24, 2.45) is 4.99 Å². The van der Waals surface area contributed by atoms with Crippen LogP contribution < -0.4 is 24.4 Å². The zero-order valence-corrected chi connectivity index (χ0v) is 26.7. The van der Waals surface area contributed by atoms with Gasteiger partial charge in [0.05, 0.1) is 35.1 Å². The molecule has 7 nitrogen and oxygen atoms in total. The molecule has 5 aromatic rings. The third-order valence-corrected chi connectivity index (χ3v) is 8.73. The molecule has 0 saturated heterocycles. The van der Waals surface area contributed by atoms with Gasteiger partial charge in [-0.15, -0.1) is 0 Å². The summed E-state index contributed by atoms with van der Waals surface area (Å²) in [4.78, 5) is 32.8. The second-order valence-electron chi connectivity index (χ2n) is 10.4. The lowest BCUT2D eigenvalue weighted by atomic mass is 9.96. The molecular formula is C36H31ClN2O5S. The van der Waals surface area contributed by atoms with Crippen LogP contribution in [0.15, 0.2) is 106 Å². The summed E-state index contributed by atoms with van der Waals surface area (Å²) in [5, 5.41) is 2.59. The third-order valence-electron chi connectivity index (χ3n) is 7.51. The van der Waals surface area contributed by atoms with Gasteiger partial charge in [0.25, 0.3) is 5.56 Å². The van der Waals surface area contributed by atoms with Crippen LogP contribution in [0.5, 0.6) is 11.5 Å². The van der Waals surface area contributed by atoms with Gasteiger partial charge < -0.3 is 14.2 Å². The SMILES string of the molecule is CCOC(=O)C1=C(C)N=c2s/c(=C\c3c(OCc4cccc(Cl)c4)ccc4ccccc34)c(=O)n2[C@@H]1c1ccc(OCC)cc1. The first-order chi connectivity index (χ1) is 21.9. The quantitative estimate of drug-likeness (QED) is 0.170. The monoisotopic (exact) mass is 638 g/mol. The summed E-state index contributed by atoms with van der Waals surface area (Å²) in [7, 11) is 0. The van der Waals surface area contributed by atoms with Crippen LogP contribution in [-0.2, 0) is 16.1 Å². The summed E-state index contributed by atoms with van der Waals surface area (Å²) in [6.45, 7) is 6.49. The van der Waals surface area contributed by atoms with Gasteiger partial charge >= 0.3 is 5.97 Å². The lowest BCUT2D eigenvalue weighted by Crippen LogP contribution is -2.39. The summed E-state index contributed by atoms with van der Waals surface area (Å²) in [6, 6.07) is 26.1. The van der Waals surface area contributed by atoms with Crippen molar-refractivity contribution in [1.29, 1.82) is 0 Å². The first kappa shape index (κ1) is 30.4. The van der Waals surface area contributed by atoms with Crippen molar-refractivity contribution in [1.82, 2.24) is 4.57 Å². The number of esters is 1. The molecule has 45 heavy (non-hydrogen) atoms. The summed E-state index contributed by atoms with van der Waals surface area (Å²) < 4.78 is 19.4. The molecular weight excluding hydrogens is 608 g/mol. The fourth-order valence-corrected chi connectivity index (χ4v) is 6.73. The number of aromatic nitrogens is 1. The summed E-state index contributed by atoms with van der Waals surface area (Å²) in [5.41, 5.74) is 3.03. The predicted molar refractivity (Wildman–Crippen MR) is 178 cm³/mol. The number of nitrogens with zero attached hydrogens (tertiary/aromatic N) is 2. The van der Waals surface area contributed by atoms with Gasteiger partial charge in [-0.25, -0.2) is 9.79 Å². The molecule has 1 atom stereocenters. The molecule has 1 aromatic heterocycles. The largest absolute Gasteiger partial charge is 0.494 e. The minimum Gasteiger partial charge on any atom is -0.494 e. The second-order valence-corrected chi connectivity index (χ2v) is 11.9. The highest BCUT2D eigenvalue weighted by Crippen LogP contribution is 2.33. The van der Waals surface area contributed by atoms with Gasteiger partial charge in [-0.3, -0.25) is 9.36 Å². The predicted octanol–water partition coefficient (Wildman–Crippen LogP) is 6.58. The van der Waals surface area contributed by atoms with Crippen molar-refractivity contribution >= 4 is 45.8 Å². The summed E-state index contributed by atoms with van der Waals surface area (Å²) in [6.07, 6.45) is 1.86. The number of rotatable bonds is 9. The third kappa shape index (κ3) is 6.16. The lowest BCUT2D eigenvalue weighted by molar-refractivity contribution is -0.139. The van der Waals surface area contributed by atoms with Crippen molar-refractivity contribution < 1.29 is 19.0 Å². The van der Waals surface area contributed by atoms with Crippen LogP contribution in [0, 0.1) is 0 Å². The average Bonchev–Trinajstić information content (AvgIpc) is 3.34. The number of carbonyl (C=O) groups excluding carboxylic acids is 1. The van der Waals surface area contributed by atoms with Crippen molar-refractivity contribution in [2.75, 3.05) is 13.2 Å². The van der Waals surface area contributed by atoms with Gasteiger partial charge in [-0.1, -0.05) is 77.5 Å². The topological polar surface area (TPSA) is 79.1 Å². The molecule has 0 fully saturated rings. The highest BCUT2D eigenvalue weighted by atomic mass is 35.5. The molecule has 0 radical (unpaired) electrons. The first-order valence-corrected chi connectivity index (χ1v) is 15.9. The number of allylic oxidation sites excluding steroid dienone is 1. The maximum atomic E-state index is 14.3. The number of benzene rings is 4. The molecule has 228 valence electrons. The van der Waals surface area contributed by atoms with E-state index in [4.69, 9.17) is 30.8 Å². The van der Waals surface area contributed by atoms with Crippen molar-refractivity contribution in [3.05, 3.63) is 138 Å². The van der Waals surface area contributed by atoms with E-state index < -0.39 is 12.0 Å². The number of hydrogen-bond acceptors (Lipinski definition) is 7. The van der Waals surface area contributed by atoms with Crippen LogP contribution >= 0.6 is 22.9 Å². The Morgan fingerprint density at radius 2 is 1.78 bits per heavy atom. The molecule has 0 saturated carbocycles. The summed E-state index contributed by atoms with van der Waals surface area (Å²) in [5.74, 6) is 0.831. The highest BCUT2D eigenvalue weighted by Gasteiger charge is 2.33. The van der Waals surface area contributed by atoms with E-state index in [1.165, 1.54) is 11.3 Å². The van der Waals surface area contributed by atoms with Crippen molar-refractivity contribution in [2.45, 2.75) is 33.4 Å². The number of thiazole rings is 1. The van der Waals surface area contributed by atoms with Crippen molar-refractivity contribution in [3.63, 3.8) is 0 Å². The molecule has 0 aliphatic carbocycles. The molecule has 1 aliphatic heterocycles. The Morgan fingerprint density at radius 3 is 2.53 bits per heavy atom. The molecule has 6 rings (SSSR count). The number of fused-ring (bicyclic) bond motifs is 2. The molecule has 4 aromatic carbocycles. The summed E-state index contributed by atoms with van der Waals surface area (Å²) >= 11 is 7.48. The molecule has 0 unspecified atom stereocenters. The number of halogens is 1. The number of carbonyl (C=O) groups is 1. The molecule has 1 aliphatic rings. The van der Waals surface area contributed by atoms with E-state index >= 15 is 0 Å². The van der Waals surface area contributed by atoms with Gasteiger partial charge in [0.1, 0.15) is 18.1 Å². The molecule has 9 heteroatoms. The van der Waals surface area contributed by atoms with Crippen LogP contribution in [0.3, 0.4) is 0 Å². The zero-order valence-electron chi connectivity index (χ0n) is 25.1. The second kappa shape index (κ2) is 13.1. The average molecular weight is 639 g/mol. The highest BCUT2D eigenvalue weighted by molar-refractivity contribution is 7.07. The first-order valence-electron chi connectivity index (χ1n) is 14.7. The van der Waals surface area contributed by atoms with E-state index in [-0.39, 0.29) is 12.2 Å². The van der Waals surface area contributed by atoms with Gasteiger partial charge in [0, 0.05) is 10.6 Å². The van der Waals surface area contributed by atoms with E-state index in [0.29, 0.717) is 50.3 Å².